The highest BCUT2D eigenvalue weighted by Crippen LogP contribution is 2.38. The van der Waals surface area contributed by atoms with Crippen molar-refractivity contribution in [2.75, 3.05) is 19.6 Å². The monoisotopic (exact) mass is 390 g/mol. The Kier molecular flexibility index (Phi) is 6.39. The van der Waals surface area contributed by atoms with Gasteiger partial charge in [0.2, 0.25) is 5.91 Å². The number of alkyl halides is 3. The van der Waals surface area contributed by atoms with Crippen LogP contribution in [-0.4, -0.2) is 47.6 Å². The number of halogens is 3. The average molecular weight is 390 g/mol. The van der Waals surface area contributed by atoms with Crippen LogP contribution in [0.4, 0.5) is 13.2 Å². The summed E-state index contributed by atoms with van der Waals surface area (Å²) in [4.78, 5) is 16.5. The third-order valence-electron chi connectivity index (χ3n) is 5.26. The lowest BCUT2D eigenvalue weighted by molar-refractivity contribution is -0.162. The van der Waals surface area contributed by atoms with Crippen molar-refractivity contribution in [2.45, 2.75) is 38.0 Å². The maximum Gasteiger partial charge on any atom is 0.396 e. The third-order valence-corrected chi connectivity index (χ3v) is 5.26. The highest BCUT2D eigenvalue weighted by molar-refractivity contribution is 5.77. The number of nitrogens with zero attached hydrogens (tertiary/aromatic N) is 2. The molecule has 0 radical (unpaired) electrons. The van der Waals surface area contributed by atoms with Crippen molar-refractivity contribution in [1.29, 1.82) is 0 Å². The van der Waals surface area contributed by atoms with Gasteiger partial charge in [-0.2, -0.15) is 13.2 Å². The molecule has 0 N–H and O–H groups in total. The van der Waals surface area contributed by atoms with E-state index in [-0.39, 0.29) is 11.6 Å². The van der Waals surface area contributed by atoms with Gasteiger partial charge in [-0.25, -0.2) is 0 Å². The highest BCUT2D eigenvalue weighted by Gasteiger charge is 2.43. The van der Waals surface area contributed by atoms with Crippen molar-refractivity contribution in [3.8, 4) is 0 Å². The average Bonchev–Trinajstić information content (AvgIpc) is 2.66. The van der Waals surface area contributed by atoms with Crippen LogP contribution in [0, 0.1) is 0 Å². The summed E-state index contributed by atoms with van der Waals surface area (Å²) in [6, 6.07) is 17.6. The van der Waals surface area contributed by atoms with Gasteiger partial charge in [0.05, 0.1) is 5.92 Å². The first-order chi connectivity index (χ1) is 13.3. The van der Waals surface area contributed by atoms with Gasteiger partial charge in [-0.1, -0.05) is 60.7 Å². The molecule has 2 atom stereocenters. The maximum absolute atomic E-state index is 13.6. The van der Waals surface area contributed by atoms with Crippen LogP contribution in [0.5, 0.6) is 0 Å². The van der Waals surface area contributed by atoms with Crippen LogP contribution in [-0.2, 0) is 11.3 Å². The minimum Gasteiger partial charge on any atom is -0.337 e. The normalized spacial score (nSPS) is 19.4. The predicted octanol–water partition coefficient (Wildman–Crippen LogP) is 4.46. The van der Waals surface area contributed by atoms with E-state index in [9.17, 15) is 18.0 Å². The minimum absolute atomic E-state index is 0.116. The largest absolute Gasteiger partial charge is 0.396 e. The van der Waals surface area contributed by atoms with E-state index in [0.717, 1.165) is 6.54 Å². The fourth-order valence-corrected chi connectivity index (χ4v) is 3.79. The first-order valence-corrected chi connectivity index (χ1v) is 9.52. The predicted molar refractivity (Wildman–Crippen MR) is 103 cm³/mol. The zero-order valence-electron chi connectivity index (χ0n) is 15.9. The number of hydrogen-bond donors (Lipinski definition) is 0. The molecule has 1 amide bonds. The van der Waals surface area contributed by atoms with Crippen LogP contribution in [0.3, 0.4) is 0 Å². The molecular formula is C22H25F3N2O. The molecule has 2 aromatic carbocycles. The smallest absolute Gasteiger partial charge is 0.337 e. The molecule has 1 unspecified atom stereocenters. The molecule has 3 rings (SSSR count). The summed E-state index contributed by atoms with van der Waals surface area (Å²) in [5.41, 5.74) is 1.33. The van der Waals surface area contributed by atoms with E-state index in [4.69, 9.17) is 0 Å². The molecule has 150 valence electrons. The number of piperazine rings is 1. The topological polar surface area (TPSA) is 23.6 Å². The van der Waals surface area contributed by atoms with Gasteiger partial charge >= 0.3 is 6.18 Å². The summed E-state index contributed by atoms with van der Waals surface area (Å²) in [6.07, 6.45) is -4.99. The Hall–Kier alpha value is -2.34. The van der Waals surface area contributed by atoms with Crippen LogP contribution < -0.4 is 0 Å². The van der Waals surface area contributed by atoms with Crippen LogP contribution in [0.1, 0.15) is 30.4 Å². The Morgan fingerprint density at radius 3 is 2.21 bits per heavy atom. The lowest BCUT2D eigenvalue weighted by Gasteiger charge is -2.40. The Morgan fingerprint density at radius 2 is 1.64 bits per heavy atom. The van der Waals surface area contributed by atoms with Crippen molar-refractivity contribution in [3.63, 3.8) is 0 Å². The van der Waals surface area contributed by atoms with Crippen LogP contribution >= 0.6 is 0 Å². The Morgan fingerprint density at radius 1 is 1.04 bits per heavy atom. The van der Waals surface area contributed by atoms with E-state index in [2.05, 4.69) is 17.0 Å². The first-order valence-electron chi connectivity index (χ1n) is 9.52. The molecule has 28 heavy (non-hydrogen) atoms. The van der Waals surface area contributed by atoms with Gasteiger partial charge in [-0.3, -0.25) is 9.69 Å². The van der Waals surface area contributed by atoms with E-state index in [1.165, 1.54) is 17.7 Å². The van der Waals surface area contributed by atoms with E-state index >= 15 is 0 Å². The van der Waals surface area contributed by atoms with Gasteiger partial charge in [0.25, 0.3) is 0 Å². The number of amides is 1. The second-order valence-electron chi connectivity index (χ2n) is 7.37. The molecule has 0 aliphatic carbocycles. The molecule has 0 spiro atoms. The fourth-order valence-electron chi connectivity index (χ4n) is 3.79. The molecule has 3 nitrogen and oxygen atoms in total. The number of carbonyl (C=O) groups is 1. The second kappa shape index (κ2) is 8.78. The summed E-state index contributed by atoms with van der Waals surface area (Å²) in [6.45, 7) is 4.45. The van der Waals surface area contributed by atoms with E-state index in [1.54, 1.807) is 23.1 Å². The molecule has 0 saturated carbocycles. The second-order valence-corrected chi connectivity index (χ2v) is 7.37. The lowest BCUT2D eigenvalue weighted by Crippen LogP contribution is -2.54. The zero-order valence-corrected chi connectivity index (χ0v) is 15.9. The van der Waals surface area contributed by atoms with E-state index < -0.39 is 24.4 Å². The molecule has 1 fully saturated rings. The van der Waals surface area contributed by atoms with Crippen molar-refractivity contribution >= 4 is 5.91 Å². The molecule has 1 saturated heterocycles. The highest BCUT2D eigenvalue weighted by atomic mass is 19.4. The molecule has 0 aromatic heterocycles. The Balaban J connectivity index is 1.62. The lowest BCUT2D eigenvalue weighted by atomic mass is 9.94. The van der Waals surface area contributed by atoms with Gasteiger partial charge in [-0.05, 0) is 18.1 Å². The van der Waals surface area contributed by atoms with Gasteiger partial charge in [-0.15, -0.1) is 0 Å². The Bertz CT molecular complexity index is 764. The first kappa shape index (κ1) is 20.4. The number of benzene rings is 2. The van der Waals surface area contributed by atoms with Gasteiger partial charge in [0.1, 0.15) is 0 Å². The number of hydrogen-bond acceptors (Lipinski definition) is 2. The molecule has 0 bridgehead atoms. The number of rotatable bonds is 5. The maximum atomic E-state index is 13.6. The van der Waals surface area contributed by atoms with Gasteiger partial charge < -0.3 is 4.90 Å². The summed E-state index contributed by atoms with van der Waals surface area (Å²) >= 11 is 0. The van der Waals surface area contributed by atoms with E-state index in [1.807, 2.05) is 25.1 Å². The van der Waals surface area contributed by atoms with Crippen molar-refractivity contribution in [1.82, 2.24) is 9.80 Å². The third kappa shape index (κ3) is 5.13. The summed E-state index contributed by atoms with van der Waals surface area (Å²) < 4.78 is 40.7. The van der Waals surface area contributed by atoms with Crippen LogP contribution in [0.25, 0.3) is 0 Å². The molecule has 1 heterocycles. The Labute approximate surface area is 163 Å². The SMILES string of the molecule is C[C@@H]1CN(Cc2ccccc2)CCN1C(=O)CC(c1ccccc1)C(F)(F)F. The van der Waals surface area contributed by atoms with Crippen LogP contribution in [0.2, 0.25) is 0 Å². The van der Waals surface area contributed by atoms with Crippen molar-refractivity contribution in [3.05, 3.63) is 71.8 Å². The summed E-state index contributed by atoms with van der Waals surface area (Å²) in [5, 5.41) is 0. The standard InChI is InChI=1S/C22H25F3N2O/c1-17-15-26(16-18-8-4-2-5-9-18)12-13-27(17)21(28)14-20(22(23,24)25)19-10-6-3-7-11-19/h2-11,17,20H,12-16H2,1H3/t17-,20?/m1/s1. The zero-order chi connectivity index (χ0) is 20.1. The van der Waals surface area contributed by atoms with Crippen molar-refractivity contribution in [2.24, 2.45) is 0 Å². The molecular weight excluding hydrogens is 365 g/mol. The minimum atomic E-state index is -4.45. The van der Waals surface area contributed by atoms with Gasteiger partial charge in [0.15, 0.2) is 0 Å². The molecule has 1 aliphatic heterocycles. The van der Waals surface area contributed by atoms with Gasteiger partial charge in [0, 0.05) is 38.6 Å². The quantitative estimate of drug-likeness (QED) is 0.753. The van der Waals surface area contributed by atoms with Crippen molar-refractivity contribution < 1.29 is 18.0 Å². The molecule has 6 heteroatoms. The van der Waals surface area contributed by atoms with E-state index in [0.29, 0.717) is 19.6 Å². The molecule has 2 aromatic rings. The fraction of sp³-hybridized carbons (Fsp3) is 0.409. The van der Waals surface area contributed by atoms with Crippen LogP contribution in [0.15, 0.2) is 60.7 Å². The summed E-state index contributed by atoms with van der Waals surface area (Å²) in [7, 11) is 0. The number of carbonyl (C=O) groups excluding carboxylic acids is 1. The summed E-state index contributed by atoms with van der Waals surface area (Å²) in [5.74, 6) is -2.20. The molecule has 1 aliphatic rings.